The van der Waals surface area contributed by atoms with Gasteiger partial charge >= 0.3 is 0 Å². The van der Waals surface area contributed by atoms with Crippen LogP contribution in [0.5, 0.6) is 0 Å². The van der Waals surface area contributed by atoms with Crippen LogP contribution in [0.15, 0.2) is 54.7 Å². The summed E-state index contributed by atoms with van der Waals surface area (Å²) in [6.07, 6.45) is 3.43. The van der Waals surface area contributed by atoms with Crippen molar-refractivity contribution >= 4 is 28.4 Å². The average Bonchev–Trinajstić information content (AvgIpc) is 2.70. The number of halogens is 2. The Hall–Kier alpha value is -2.50. The number of aromatic nitrogens is 1. The molecule has 0 spiro atoms. The first-order chi connectivity index (χ1) is 13.6. The zero-order chi connectivity index (χ0) is 19.5. The van der Waals surface area contributed by atoms with Crippen LogP contribution in [0.1, 0.15) is 28.8 Å². The van der Waals surface area contributed by atoms with E-state index < -0.39 is 0 Å². The molecule has 1 saturated heterocycles. The third-order valence-corrected chi connectivity index (χ3v) is 5.37. The summed E-state index contributed by atoms with van der Waals surface area (Å²) in [4.78, 5) is 19.5. The molecule has 1 N–H and O–H groups in total. The van der Waals surface area contributed by atoms with Gasteiger partial charge in [-0.25, -0.2) is 4.39 Å². The lowest BCUT2D eigenvalue weighted by molar-refractivity contribution is 0.0910. The predicted octanol–water partition coefficient (Wildman–Crippen LogP) is 4.42. The van der Waals surface area contributed by atoms with Gasteiger partial charge in [-0.3, -0.25) is 14.7 Å². The number of pyridine rings is 1. The molecule has 1 amide bonds. The fourth-order valence-corrected chi connectivity index (χ4v) is 3.90. The van der Waals surface area contributed by atoms with Gasteiger partial charge in [-0.05, 0) is 48.7 Å². The molecule has 6 heteroatoms. The second-order valence-electron chi connectivity index (χ2n) is 7.18. The molecule has 1 aliphatic heterocycles. The van der Waals surface area contributed by atoms with Gasteiger partial charge in [0.25, 0.3) is 5.91 Å². The van der Waals surface area contributed by atoms with E-state index in [0.29, 0.717) is 16.1 Å². The lowest BCUT2D eigenvalue weighted by Gasteiger charge is -2.32. The van der Waals surface area contributed by atoms with E-state index in [9.17, 15) is 9.18 Å². The molecule has 4 rings (SSSR count). The number of piperidine rings is 1. The van der Waals surface area contributed by atoms with Crippen LogP contribution in [-0.4, -0.2) is 34.9 Å². The van der Waals surface area contributed by atoms with Crippen molar-refractivity contribution in [3.8, 4) is 0 Å². The zero-order valence-corrected chi connectivity index (χ0v) is 16.1. The van der Waals surface area contributed by atoms with Crippen LogP contribution in [0.25, 0.3) is 10.9 Å². The Bertz CT molecular complexity index is 985. The first-order valence-electron chi connectivity index (χ1n) is 9.40. The highest BCUT2D eigenvalue weighted by atomic mass is 35.5. The summed E-state index contributed by atoms with van der Waals surface area (Å²) < 4.78 is 13.0. The lowest BCUT2D eigenvalue weighted by Crippen LogP contribution is -2.44. The monoisotopic (exact) mass is 397 g/mol. The number of likely N-dealkylation sites (tertiary alicyclic amines) is 1. The van der Waals surface area contributed by atoms with E-state index in [0.717, 1.165) is 43.4 Å². The van der Waals surface area contributed by atoms with Crippen LogP contribution in [0.4, 0.5) is 4.39 Å². The maximum atomic E-state index is 13.0. The molecule has 1 fully saturated rings. The molecular formula is C22H21ClFN3O. The highest BCUT2D eigenvalue weighted by Gasteiger charge is 2.22. The van der Waals surface area contributed by atoms with Crippen LogP contribution >= 0.6 is 11.6 Å². The Kier molecular flexibility index (Phi) is 5.55. The van der Waals surface area contributed by atoms with Crippen molar-refractivity contribution in [2.24, 2.45) is 0 Å². The summed E-state index contributed by atoms with van der Waals surface area (Å²) in [5.74, 6) is -0.351. The van der Waals surface area contributed by atoms with Gasteiger partial charge in [-0.1, -0.05) is 29.8 Å². The van der Waals surface area contributed by atoms with E-state index in [4.69, 9.17) is 11.6 Å². The molecule has 0 bridgehead atoms. The molecule has 0 unspecified atom stereocenters. The molecule has 2 heterocycles. The molecule has 3 aromatic rings. The van der Waals surface area contributed by atoms with Crippen molar-refractivity contribution in [3.05, 3.63) is 76.7 Å². The second kappa shape index (κ2) is 8.25. The van der Waals surface area contributed by atoms with Crippen LogP contribution in [0, 0.1) is 5.82 Å². The molecule has 0 atom stereocenters. The van der Waals surface area contributed by atoms with Crippen molar-refractivity contribution in [3.63, 3.8) is 0 Å². The third kappa shape index (κ3) is 4.32. The summed E-state index contributed by atoms with van der Waals surface area (Å²) in [6.45, 7) is 2.57. The highest BCUT2D eigenvalue weighted by Crippen LogP contribution is 2.23. The number of hydrogen-bond acceptors (Lipinski definition) is 3. The number of carbonyl (C=O) groups is 1. The Morgan fingerprint density at radius 3 is 2.68 bits per heavy atom. The van der Waals surface area contributed by atoms with Crippen LogP contribution in [0.2, 0.25) is 5.02 Å². The Labute approximate surface area is 168 Å². The van der Waals surface area contributed by atoms with Crippen molar-refractivity contribution in [2.75, 3.05) is 13.1 Å². The summed E-state index contributed by atoms with van der Waals surface area (Å²) in [6, 6.07) is 14.0. The fraction of sp³-hybridized carbons (Fsp3) is 0.273. The standard InChI is InChI=1S/C22H21ClFN3O/c23-17-12-16-2-1-9-25-21(16)20(13-17)22(28)26-19-7-10-27(11-8-19)14-15-3-5-18(24)6-4-15/h1-6,9,12-13,19H,7-8,10-11,14H2,(H,26,28). The summed E-state index contributed by atoms with van der Waals surface area (Å²) in [5, 5.41) is 4.52. The van der Waals surface area contributed by atoms with Gasteiger partial charge < -0.3 is 5.32 Å². The third-order valence-electron chi connectivity index (χ3n) is 5.16. The van der Waals surface area contributed by atoms with Gasteiger partial charge in [0.05, 0.1) is 11.1 Å². The average molecular weight is 398 g/mol. The molecular weight excluding hydrogens is 377 g/mol. The Balaban J connectivity index is 1.37. The quantitative estimate of drug-likeness (QED) is 0.708. The molecule has 0 saturated carbocycles. The molecule has 0 radical (unpaired) electrons. The lowest BCUT2D eigenvalue weighted by atomic mass is 10.0. The summed E-state index contributed by atoms with van der Waals surface area (Å²) in [5.41, 5.74) is 2.27. The zero-order valence-electron chi connectivity index (χ0n) is 15.4. The number of nitrogens with one attached hydrogen (secondary N) is 1. The van der Waals surface area contributed by atoms with Gasteiger partial charge in [-0.2, -0.15) is 0 Å². The van der Waals surface area contributed by atoms with Gasteiger partial charge in [-0.15, -0.1) is 0 Å². The Morgan fingerprint density at radius 2 is 1.93 bits per heavy atom. The fourth-order valence-electron chi connectivity index (χ4n) is 3.68. The van der Waals surface area contributed by atoms with Crippen LogP contribution < -0.4 is 5.32 Å². The highest BCUT2D eigenvalue weighted by molar-refractivity contribution is 6.32. The van der Waals surface area contributed by atoms with E-state index in [1.165, 1.54) is 12.1 Å². The van der Waals surface area contributed by atoms with E-state index in [-0.39, 0.29) is 17.8 Å². The first-order valence-corrected chi connectivity index (χ1v) is 9.78. The minimum Gasteiger partial charge on any atom is -0.349 e. The largest absolute Gasteiger partial charge is 0.349 e. The molecule has 1 aromatic heterocycles. The van der Waals surface area contributed by atoms with E-state index in [2.05, 4.69) is 15.2 Å². The number of hydrogen-bond donors (Lipinski definition) is 1. The minimum absolute atomic E-state index is 0.120. The first kappa shape index (κ1) is 18.8. The molecule has 4 nitrogen and oxygen atoms in total. The maximum absolute atomic E-state index is 13.0. The minimum atomic E-state index is -0.215. The normalized spacial score (nSPS) is 15.6. The summed E-state index contributed by atoms with van der Waals surface area (Å²) >= 11 is 6.18. The number of amides is 1. The van der Waals surface area contributed by atoms with Gasteiger partial charge in [0.15, 0.2) is 0 Å². The van der Waals surface area contributed by atoms with Crippen LogP contribution in [0.3, 0.4) is 0 Å². The topological polar surface area (TPSA) is 45.2 Å². The maximum Gasteiger partial charge on any atom is 0.253 e. The molecule has 28 heavy (non-hydrogen) atoms. The number of fused-ring (bicyclic) bond motifs is 1. The molecule has 144 valence electrons. The van der Waals surface area contributed by atoms with E-state index in [1.54, 1.807) is 12.3 Å². The van der Waals surface area contributed by atoms with Crippen LogP contribution in [-0.2, 0) is 6.54 Å². The molecule has 0 aliphatic carbocycles. The summed E-state index contributed by atoms with van der Waals surface area (Å²) in [7, 11) is 0. The number of carbonyl (C=O) groups excluding carboxylic acids is 1. The molecule has 2 aromatic carbocycles. The number of nitrogens with zero attached hydrogens (tertiary/aromatic N) is 2. The number of rotatable bonds is 4. The Morgan fingerprint density at radius 1 is 1.18 bits per heavy atom. The van der Waals surface area contributed by atoms with E-state index in [1.807, 2.05) is 30.3 Å². The van der Waals surface area contributed by atoms with Gasteiger partial charge in [0.1, 0.15) is 5.82 Å². The smallest absolute Gasteiger partial charge is 0.253 e. The van der Waals surface area contributed by atoms with Gasteiger partial charge in [0.2, 0.25) is 0 Å². The van der Waals surface area contributed by atoms with E-state index >= 15 is 0 Å². The van der Waals surface area contributed by atoms with Gasteiger partial charge in [0, 0.05) is 42.3 Å². The number of benzene rings is 2. The van der Waals surface area contributed by atoms with Crippen molar-refractivity contribution < 1.29 is 9.18 Å². The second-order valence-corrected chi connectivity index (χ2v) is 7.62. The van der Waals surface area contributed by atoms with Crippen molar-refractivity contribution in [1.29, 1.82) is 0 Å². The predicted molar refractivity (Wildman–Crippen MR) is 109 cm³/mol. The van der Waals surface area contributed by atoms with Crippen molar-refractivity contribution in [2.45, 2.75) is 25.4 Å². The van der Waals surface area contributed by atoms with Crippen molar-refractivity contribution in [1.82, 2.24) is 15.2 Å². The molecule has 1 aliphatic rings. The SMILES string of the molecule is O=C(NC1CCN(Cc2ccc(F)cc2)CC1)c1cc(Cl)cc2cccnc12.